The van der Waals surface area contributed by atoms with Crippen LogP contribution in [0.5, 0.6) is 0 Å². The van der Waals surface area contributed by atoms with Gasteiger partial charge in [-0.1, -0.05) is 58.8 Å². The fraction of sp³-hybridized carbons (Fsp3) is 1.00. The lowest BCUT2D eigenvalue weighted by Crippen LogP contribution is -2.18. The van der Waals surface area contributed by atoms with Crippen LogP contribution in [0.3, 0.4) is 0 Å². The van der Waals surface area contributed by atoms with E-state index in [0.717, 1.165) is 18.6 Å². The smallest absolute Gasteiger partial charge is 0.0331 e. The van der Waals surface area contributed by atoms with Gasteiger partial charge in [0.2, 0.25) is 0 Å². The molecular weight excluding hydrogens is 230 g/mol. The summed E-state index contributed by atoms with van der Waals surface area (Å²) in [6.45, 7) is 4.95. The van der Waals surface area contributed by atoms with Crippen LogP contribution in [-0.4, -0.2) is 21.8 Å². The monoisotopic (exact) mass is 261 g/mol. The van der Waals surface area contributed by atoms with Crippen molar-refractivity contribution < 1.29 is 4.21 Å². The van der Waals surface area contributed by atoms with Crippen molar-refractivity contribution in [3.05, 3.63) is 0 Å². The molecule has 0 radical (unpaired) electrons. The summed E-state index contributed by atoms with van der Waals surface area (Å²) >= 11 is 0. The van der Waals surface area contributed by atoms with Gasteiger partial charge in [-0.3, -0.25) is 4.21 Å². The third-order valence-electron chi connectivity index (χ3n) is 3.22. The summed E-state index contributed by atoms with van der Waals surface area (Å²) < 4.78 is 11.8. The summed E-state index contributed by atoms with van der Waals surface area (Å²) in [7, 11) is -0.655. The molecule has 3 heteroatoms. The molecule has 104 valence electrons. The highest BCUT2D eigenvalue weighted by molar-refractivity contribution is 7.85. The zero-order valence-electron chi connectivity index (χ0n) is 11.7. The molecule has 0 heterocycles. The van der Waals surface area contributed by atoms with Crippen molar-refractivity contribution in [1.29, 1.82) is 0 Å². The van der Waals surface area contributed by atoms with E-state index in [0.29, 0.717) is 6.54 Å². The minimum absolute atomic E-state index is 0.282. The Kier molecular flexibility index (Phi) is 12.6. The van der Waals surface area contributed by atoms with Crippen LogP contribution < -0.4 is 5.73 Å². The first-order valence-corrected chi connectivity index (χ1v) is 8.67. The van der Waals surface area contributed by atoms with Gasteiger partial charge in [0.25, 0.3) is 0 Å². The van der Waals surface area contributed by atoms with Gasteiger partial charge in [-0.2, -0.15) is 0 Å². The van der Waals surface area contributed by atoms with Crippen LogP contribution in [0, 0.1) is 0 Å². The van der Waals surface area contributed by atoms with Crippen LogP contribution >= 0.6 is 0 Å². The van der Waals surface area contributed by atoms with Crippen LogP contribution in [0.25, 0.3) is 0 Å². The van der Waals surface area contributed by atoms with Gasteiger partial charge in [-0.25, -0.2) is 0 Å². The topological polar surface area (TPSA) is 43.1 Å². The van der Waals surface area contributed by atoms with E-state index in [1.54, 1.807) is 0 Å². The average Bonchev–Trinajstić information content (AvgIpc) is 2.32. The molecule has 0 aliphatic carbocycles. The molecule has 2 unspecified atom stereocenters. The largest absolute Gasteiger partial charge is 0.330 e. The van der Waals surface area contributed by atoms with E-state index in [9.17, 15) is 4.21 Å². The molecule has 0 fully saturated rings. The summed E-state index contributed by atoms with van der Waals surface area (Å²) in [5.41, 5.74) is 5.47. The van der Waals surface area contributed by atoms with Gasteiger partial charge in [0.05, 0.1) is 0 Å². The Bertz CT molecular complexity index is 185. The highest BCUT2D eigenvalue weighted by Crippen LogP contribution is 2.10. The minimum atomic E-state index is -0.655. The lowest BCUT2D eigenvalue weighted by atomic mass is 10.1. The molecule has 0 saturated heterocycles. The Morgan fingerprint density at radius 2 is 1.53 bits per heavy atom. The maximum atomic E-state index is 11.8. The summed E-state index contributed by atoms with van der Waals surface area (Å²) in [4.78, 5) is 0. The van der Waals surface area contributed by atoms with Crippen LogP contribution in [0.1, 0.15) is 71.6 Å². The van der Waals surface area contributed by atoms with Crippen LogP contribution in [0.2, 0.25) is 0 Å². The van der Waals surface area contributed by atoms with Crippen LogP contribution in [0.15, 0.2) is 0 Å². The second-order valence-electron chi connectivity index (χ2n) is 4.95. The van der Waals surface area contributed by atoms with Crippen molar-refractivity contribution in [2.45, 2.75) is 76.9 Å². The predicted molar refractivity (Wildman–Crippen MR) is 78.8 cm³/mol. The van der Waals surface area contributed by atoms with Gasteiger partial charge < -0.3 is 5.73 Å². The van der Waals surface area contributed by atoms with E-state index < -0.39 is 10.8 Å². The summed E-state index contributed by atoms with van der Waals surface area (Å²) in [6.07, 6.45) is 11.4. The number of unbranched alkanes of at least 4 members (excludes halogenated alkanes) is 7. The molecule has 2 nitrogen and oxygen atoms in total. The molecule has 0 aromatic rings. The van der Waals surface area contributed by atoms with E-state index in [-0.39, 0.29) is 5.25 Å². The zero-order chi connectivity index (χ0) is 12.9. The average molecular weight is 261 g/mol. The molecule has 0 rings (SSSR count). The SMILES string of the molecule is CCCCCCCCCCS(=O)C(C)CCN. The Morgan fingerprint density at radius 3 is 2.06 bits per heavy atom. The number of hydrogen-bond donors (Lipinski definition) is 1. The molecule has 2 atom stereocenters. The molecule has 0 aliphatic rings. The molecule has 17 heavy (non-hydrogen) atoms. The van der Waals surface area contributed by atoms with Crippen molar-refractivity contribution >= 4 is 10.8 Å². The normalized spacial score (nSPS) is 14.8. The van der Waals surface area contributed by atoms with Crippen molar-refractivity contribution in [2.24, 2.45) is 5.73 Å². The first-order valence-electron chi connectivity index (χ1n) is 7.29. The van der Waals surface area contributed by atoms with Crippen molar-refractivity contribution in [3.8, 4) is 0 Å². The van der Waals surface area contributed by atoms with E-state index in [2.05, 4.69) is 6.92 Å². The quantitative estimate of drug-likeness (QED) is 0.545. The van der Waals surface area contributed by atoms with Gasteiger partial charge in [-0.15, -0.1) is 0 Å². The summed E-state index contributed by atoms with van der Waals surface area (Å²) in [6, 6.07) is 0. The number of hydrogen-bond acceptors (Lipinski definition) is 2. The summed E-state index contributed by atoms with van der Waals surface area (Å²) in [5.74, 6) is 0.871. The Hall–Kier alpha value is 0.110. The number of nitrogens with two attached hydrogens (primary N) is 1. The first-order chi connectivity index (χ1) is 8.22. The lowest BCUT2D eigenvalue weighted by Gasteiger charge is -2.09. The minimum Gasteiger partial charge on any atom is -0.330 e. The van der Waals surface area contributed by atoms with Gasteiger partial charge >= 0.3 is 0 Å². The van der Waals surface area contributed by atoms with E-state index >= 15 is 0 Å². The van der Waals surface area contributed by atoms with E-state index in [1.165, 1.54) is 44.9 Å². The van der Waals surface area contributed by atoms with Crippen LogP contribution in [0.4, 0.5) is 0 Å². The molecule has 0 spiro atoms. The lowest BCUT2D eigenvalue weighted by molar-refractivity contribution is 0.584. The third kappa shape index (κ3) is 11.0. The predicted octanol–water partition coefficient (Wildman–Crippen LogP) is 3.61. The fourth-order valence-corrected chi connectivity index (χ4v) is 3.24. The zero-order valence-corrected chi connectivity index (χ0v) is 12.6. The molecule has 0 aromatic carbocycles. The van der Waals surface area contributed by atoms with Gasteiger partial charge in [0, 0.05) is 21.8 Å². The molecule has 0 aromatic heterocycles. The molecule has 0 aliphatic heterocycles. The van der Waals surface area contributed by atoms with Gasteiger partial charge in [0.1, 0.15) is 0 Å². The first kappa shape index (κ1) is 17.1. The maximum Gasteiger partial charge on any atom is 0.0331 e. The fourth-order valence-electron chi connectivity index (χ4n) is 1.95. The second-order valence-corrected chi connectivity index (χ2v) is 6.92. The van der Waals surface area contributed by atoms with E-state index in [1.807, 2.05) is 6.92 Å². The number of rotatable bonds is 12. The van der Waals surface area contributed by atoms with Gasteiger partial charge in [0.15, 0.2) is 0 Å². The van der Waals surface area contributed by atoms with Crippen molar-refractivity contribution in [2.75, 3.05) is 12.3 Å². The van der Waals surface area contributed by atoms with Crippen molar-refractivity contribution in [3.63, 3.8) is 0 Å². The van der Waals surface area contributed by atoms with E-state index in [4.69, 9.17) is 5.73 Å². The van der Waals surface area contributed by atoms with Crippen molar-refractivity contribution in [1.82, 2.24) is 0 Å². The molecule has 0 saturated carbocycles. The third-order valence-corrected chi connectivity index (χ3v) is 5.05. The summed E-state index contributed by atoms with van der Waals surface area (Å²) in [5, 5.41) is 0.282. The highest BCUT2D eigenvalue weighted by atomic mass is 32.2. The molecule has 2 N–H and O–H groups in total. The van der Waals surface area contributed by atoms with Crippen LogP contribution in [-0.2, 0) is 10.8 Å². The Labute approximate surface area is 110 Å². The maximum absolute atomic E-state index is 11.8. The standard InChI is InChI=1S/C14H31NOS/c1-3-4-5-6-7-8-9-10-13-17(16)14(2)11-12-15/h14H,3-13,15H2,1-2H3. The van der Waals surface area contributed by atoms with Gasteiger partial charge in [-0.05, 0) is 19.4 Å². The molecule has 0 bridgehead atoms. The molecular formula is C14H31NOS. The Morgan fingerprint density at radius 1 is 1.00 bits per heavy atom. The second kappa shape index (κ2) is 12.6. The highest BCUT2D eigenvalue weighted by Gasteiger charge is 2.08. The molecule has 0 amide bonds. The Balaban J connectivity index is 3.24.